The first kappa shape index (κ1) is 20.4. The zero-order valence-electron chi connectivity index (χ0n) is 15.1. The molecule has 1 amide bonds. The SMILES string of the molecule is CN(CCCc1cc(-c2ccccc2)n[nH]1)C(=O)[C@@H]1CC[C@H](CN)O1.Cl. The molecule has 1 fully saturated rings. The number of rotatable bonds is 7. The number of aryl methyl sites for hydroxylation is 1. The lowest BCUT2D eigenvalue weighted by Crippen LogP contribution is -2.37. The summed E-state index contributed by atoms with van der Waals surface area (Å²) in [5.74, 6) is 0.0607. The Morgan fingerprint density at radius 3 is 2.81 bits per heavy atom. The van der Waals surface area contributed by atoms with E-state index in [1.807, 2.05) is 37.4 Å². The smallest absolute Gasteiger partial charge is 0.251 e. The predicted octanol–water partition coefficient (Wildman–Crippen LogP) is 2.40. The number of halogens is 1. The molecule has 26 heavy (non-hydrogen) atoms. The normalized spacial score (nSPS) is 19.2. The molecule has 0 saturated carbocycles. The van der Waals surface area contributed by atoms with Gasteiger partial charge in [-0.1, -0.05) is 30.3 Å². The molecule has 3 rings (SSSR count). The molecule has 0 aliphatic carbocycles. The number of amides is 1. The van der Waals surface area contributed by atoms with Crippen molar-refractivity contribution < 1.29 is 9.53 Å². The van der Waals surface area contributed by atoms with Crippen LogP contribution in [0.3, 0.4) is 0 Å². The number of carbonyl (C=O) groups is 1. The molecule has 6 nitrogen and oxygen atoms in total. The monoisotopic (exact) mass is 378 g/mol. The van der Waals surface area contributed by atoms with Crippen LogP contribution >= 0.6 is 12.4 Å². The average molecular weight is 379 g/mol. The Labute approximate surface area is 160 Å². The quantitative estimate of drug-likeness (QED) is 0.774. The number of aromatic nitrogens is 2. The highest BCUT2D eigenvalue weighted by atomic mass is 35.5. The number of aromatic amines is 1. The molecule has 1 aromatic carbocycles. The highest BCUT2D eigenvalue weighted by Crippen LogP contribution is 2.21. The van der Waals surface area contributed by atoms with E-state index in [0.29, 0.717) is 13.1 Å². The number of likely N-dealkylation sites (N-methyl/N-ethyl adjacent to an activating group) is 1. The summed E-state index contributed by atoms with van der Waals surface area (Å²) in [6, 6.07) is 12.2. The number of nitrogens with zero attached hydrogens (tertiary/aromatic N) is 2. The number of nitrogens with two attached hydrogens (primary N) is 1. The second kappa shape index (κ2) is 9.71. The number of ether oxygens (including phenoxy) is 1. The molecule has 1 saturated heterocycles. The van der Waals surface area contributed by atoms with Crippen molar-refractivity contribution in [1.29, 1.82) is 0 Å². The van der Waals surface area contributed by atoms with Gasteiger partial charge >= 0.3 is 0 Å². The Hall–Kier alpha value is -1.89. The lowest BCUT2D eigenvalue weighted by molar-refractivity contribution is -0.141. The van der Waals surface area contributed by atoms with Gasteiger partial charge in [0.1, 0.15) is 6.10 Å². The molecule has 3 N–H and O–H groups in total. The molecular formula is C19H27ClN4O2. The summed E-state index contributed by atoms with van der Waals surface area (Å²) in [5, 5.41) is 7.45. The van der Waals surface area contributed by atoms with Gasteiger partial charge in [0.2, 0.25) is 0 Å². The number of nitrogens with one attached hydrogen (secondary N) is 1. The van der Waals surface area contributed by atoms with Crippen molar-refractivity contribution in [2.24, 2.45) is 5.73 Å². The van der Waals surface area contributed by atoms with Crippen LogP contribution < -0.4 is 5.73 Å². The molecule has 0 radical (unpaired) electrons. The zero-order valence-corrected chi connectivity index (χ0v) is 15.9. The molecule has 7 heteroatoms. The number of hydrogen-bond donors (Lipinski definition) is 2. The minimum absolute atomic E-state index is 0. The average Bonchev–Trinajstić information content (AvgIpc) is 3.31. The summed E-state index contributed by atoms with van der Waals surface area (Å²) in [6.45, 7) is 1.18. The van der Waals surface area contributed by atoms with E-state index < -0.39 is 0 Å². The Kier molecular flexibility index (Phi) is 7.63. The van der Waals surface area contributed by atoms with Gasteiger partial charge in [0.05, 0.1) is 11.8 Å². The van der Waals surface area contributed by atoms with Crippen LogP contribution in [0.1, 0.15) is 25.0 Å². The Balaban J connectivity index is 0.00000243. The van der Waals surface area contributed by atoms with E-state index in [-0.39, 0.29) is 30.5 Å². The van der Waals surface area contributed by atoms with Gasteiger partial charge < -0.3 is 15.4 Å². The second-order valence-corrected chi connectivity index (χ2v) is 6.57. The van der Waals surface area contributed by atoms with Gasteiger partial charge in [-0.05, 0) is 31.7 Å². The summed E-state index contributed by atoms with van der Waals surface area (Å²) < 4.78 is 5.68. The van der Waals surface area contributed by atoms with Crippen LogP contribution in [0.5, 0.6) is 0 Å². The molecule has 0 bridgehead atoms. The van der Waals surface area contributed by atoms with Crippen molar-refractivity contribution in [3.8, 4) is 11.3 Å². The molecule has 142 valence electrons. The van der Waals surface area contributed by atoms with Crippen LogP contribution in [-0.2, 0) is 16.0 Å². The third kappa shape index (κ3) is 5.06. The predicted molar refractivity (Wildman–Crippen MR) is 104 cm³/mol. The van der Waals surface area contributed by atoms with Gasteiger partial charge in [-0.2, -0.15) is 5.10 Å². The van der Waals surface area contributed by atoms with E-state index in [4.69, 9.17) is 10.5 Å². The van der Waals surface area contributed by atoms with Crippen LogP contribution in [0, 0.1) is 0 Å². The molecule has 2 atom stereocenters. The fraction of sp³-hybridized carbons (Fsp3) is 0.474. The zero-order chi connectivity index (χ0) is 17.6. The van der Waals surface area contributed by atoms with E-state index in [1.165, 1.54) is 0 Å². The molecular weight excluding hydrogens is 352 g/mol. The summed E-state index contributed by atoms with van der Waals surface area (Å²) >= 11 is 0. The lowest BCUT2D eigenvalue weighted by Gasteiger charge is -2.21. The fourth-order valence-electron chi connectivity index (χ4n) is 3.17. The topological polar surface area (TPSA) is 84.2 Å². The number of H-pyrrole nitrogens is 1. The van der Waals surface area contributed by atoms with Gasteiger partial charge in [0.25, 0.3) is 5.91 Å². The number of hydrogen-bond acceptors (Lipinski definition) is 4. The molecule has 1 aliphatic rings. The number of carbonyl (C=O) groups excluding carboxylic acids is 1. The van der Waals surface area contributed by atoms with Gasteiger partial charge in [-0.15, -0.1) is 12.4 Å². The van der Waals surface area contributed by atoms with Gasteiger partial charge in [-0.25, -0.2) is 0 Å². The molecule has 1 aliphatic heterocycles. The van der Waals surface area contributed by atoms with Crippen LogP contribution in [0.25, 0.3) is 11.3 Å². The van der Waals surface area contributed by atoms with Crippen molar-refractivity contribution in [1.82, 2.24) is 15.1 Å². The van der Waals surface area contributed by atoms with E-state index in [0.717, 1.165) is 42.6 Å². The molecule has 0 spiro atoms. The first-order chi connectivity index (χ1) is 12.2. The minimum atomic E-state index is -0.324. The van der Waals surface area contributed by atoms with Crippen LogP contribution in [0.15, 0.2) is 36.4 Å². The van der Waals surface area contributed by atoms with Crippen molar-refractivity contribution in [2.45, 2.75) is 37.9 Å². The minimum Gasteiger partial charge on any atom is -0.364 e. The first-order valence-electron chi connectivity index (χ1n) is 8.87. The highest BCUT2D eigenvalue weighted by molar-refractivity contribution is 5.85. The van der Waals surface area contributed by atoms with Crippen molar-refractivity contribution in [3.05, 3.63) is 42.1 Å². The second-order valence-electron chi connectivity index (χ2n) is 6.57. The molecule has 2 heterocycles. The Bertz CT molecular complexity index is 692. The van der Waals surface area contributed by atoms with Crippen molar-refractivity contribution in [3.63, 3.8) is 0 Å². The van der Waals surface area contributed by atoms with Gasteiger partial charge in [-0.3, -0.25) is 9.89 Å². The third-order valence-electron chi connectivity index (χ3n) is 4.66. The van der Waals surface area contributed by atoms with Crippen molar-refractivity contribution >= 4 is 18.3 Å². The standard InChI is InChI=1S/C19H26N4O2.ClH/c1-23(19(24)18-10-9-16(13-20)25-18)11-5-8-15-12-17(22-21-15)14-6-3-2-4-7-14;/h2-4,6-7,12,16,18H,5,8-11,13,20H2,1H3,(H,21,22);1H/t16-,18+;/m1./s1. The maximum atomic E-state index is 12.4. The van der Waals surface area contributed by atoms with E-state index in [9.17, 15) is 4.79 Å². The van der Waals surface area contributed by atoms with E-state index in [1.54, 1.807) is 4.90 Å². The van der Waals surface area contributed by atoms with Crippen LogP contribution in [0.2, 0.25) is 0 Å². The van der Waals surface area contributed by atoms with Crippen molar-refractivity contribution in [2.75, 3.05) is 20.1 Å². The third-order valence-corrected chi connectivity index (χ3v) is 4.66. The summed E-state index contributed by atoms with van der Waals surface area (Å²) in [6.07, 6.45) is 3.09. The number of benzene rings is 1. The van der Waals surface area contributed by atoms with Gasteiger partial charge in [0.15, 0.2) is 0 Å². The van der Waals surface area contributed by atoms with E-state index in [2.05, 4.69) is 16.3 Å². The summed E-state index contributed by atoms with van der Waals surface area (Å²) in [4.78, 5) is 14.1. The first-order valence-corrected chi connectivity index (χ1v) is 8.87. The molecule has 1 aromatic heterocycles. The highest BCUT2D eigenvalue weighted by Gasteiger charge is 2.31. The van der Waals surface area contributed by atoms with Crippen LogP contribution in [0.4, 0.5) is 0 Å². The molecule has 0 unspecified atom stereocenters. The van der Waals surface area contributed by atoms with E-state index >= 15 is 0 Å². The Morgan fingerprint density at radius 1 is 1.35 bits per heavy atom. The Morgan fingerprint density at radius 2 is 2.12 bits per heavy atom. The van der Waals surface area contributed by atoms with Crippen LogP contribution in [-0.4, -0.2) is 53.3 Å². The fourth-order valence-corrected chi connectivity index (χ4v) is 3.17. The summed E-state index contributed by atoms with van der Waals surface area (Å²) in [7, 11) is 1.84. The lowest BCUT2D eigenvalue weighted by atomic mass is 10.1. The summed E-state index contributed by atoms with van der Waals surface area (Å²) in [5.41, 5.74) is 8.74. The largest absolute Gasteiger partial charge is 0.364 e. The maximum absolute atomic E-state index is 12.4. The molecule has 2 aromatic rings. The maximum Gasteiger partial charge on any atom is 0.251 e. The van der Waals surface area contributed by atoms with Gasteiger partial charge in [0, 0.05) is 31.4 Å².